The minimum atomic E-state index is -5.03. The summed E-state index contributed by atoms with van der Waals surface area (Å²) in [7, 11) is -4.26. The molecule has 0 unspecified atom stereocenters. The first-order chi connectivity index (χ1) is 10.1. The molecule has 0 radical (unpaired) electrons. The van der Waals surface area contributed by atoms with Gasteiger partial charge in [-0.2, -0.15) is 4.31 Å². The van der Waals surface area contributed by atoms with Crippen LogP contribution in [0.5, 0.6) is 5.75 Å². The largest absolute Gasteiger partial charge is 0.573 e. The van der Waals surface area contributed by atoms with E-state index in [4.69, 9.17) is 5.11 Å². The molecule has 1 saturated heterocycles. The minimum absolute atomic E-state index is 0.0698. The second-order valence-corrected chi connectivity index (χ2v) is 6.59. The Bertz CT molecular complexity index is 674. The maximum absolute atomic E-state index is 12.4. The number of sulfonamides is 1. The molecule has 122 valence electrons. The number of hydrogen-bond acceptors (Lipinski definition) is 4. The Hall–Kier alpha value is -1.81. The summed E-state index contributed by atoms with van der Waals surface area (Å²) in [4.78, 5) is 10.2. The number of halogens is 3. The van der Waals surface area contributed by atoms with Crippen LogP contribution in [0.3, 0.4) is 0 Å². The van der Waals surface area contributed by atoms with E-state index in [0.717, 1.165) is 16.4 Å². The Morgan fingerprint density at radius 2 is 1.95 bits per heavy atom. The highest BCUT2D eigenvalue weighted by molar-refractivity contribution is 7.89. The summed E-state index contributed by atoms with van der Waals surface area (Å²) in [5, 5.41) is 8.88. The average molecular weight is 339 g/mol. The lowest BCUT2D eigenvalue weighted by molar-refractivity contribution is -0.275. The summed E-state index contributed by atoms with van der Waals surface area (Å²) >= 11 is 0. The maximum Gasteiger partial charge on any atom is 0.573 e. The van der Waals surface area contributed by atoms with Gasteiger partial charge in [0.25, 0.3) is 0 Å². The van der Waals surface area contributed by atoms with Crippen LogP contribution < -0.4 is 4.74 Å². The highest BCUT2D eigenvalue weighted by atomic mass is 32.2. The van der Waals surface area contributed by atoms with Crippen LogP contribution in [0.1, 0.15) is 6.42 Å². The third-order valence-electron chi connectivity index (χ3n) is 3.19. The van der Waals surface area contributed by atoms with E-state index in [0.29, 0.717) is 0 Å². The quantitative estimate of drug-likeness (QED) is 0.902. The first-order valence-corrected chi connectivity index (χ1v) is 7.63. The van der Waals surface area contributed by atoms with Crippen molar-refractivity contribution in [2.45, 2.75) is 17.7 Å². The van der Waals surface area contributed by atoms with E-state index in [2.05, 4.69) is 4.74 Å². The molecule has 0 amide bonds. The fourth-order valence-corrected chi connectivity index (χ4v) is 3.77. The Labute approximate surface area is 124 Å². The van der Waals surface area contributed by atoms with Gasteiger partial charge in [-0.1, -0.05) is 12.1 Å². The van der Waals surface area contributed by atoms with Gasteiger partial charge >= 0.3 is 12.3 Å². The normalized spacial score (nSPS) is 20.0. The van der Waals surface area contributed by atoms with Crippen molar-refractivity contribution in [2.75, 3.05) is 13.1 Å². The van der Waals surface area contributed by atoms with Crippen molar-refractivity contribution in [3.8, 4) is 5.75 Å². The second kappa shape index (κ2) is 5.76. The van der Waals surface area contributed by atoms with Crippen LogP contribution in [-0.2, 0) is 14.8 Å². The number of benzene rings is 1. The van der Waals surface area contributed by atoms with E-state index in [1.807, 2.05) is 0 Å². The fourth-order valence-electron chi connectivity index (χ4n) is 2.16. The molecule has 1 aromatic carbocycles. The summed E-state index contributed by atoms with van der Waals surface area (Å²) in [5.74, 6) is -2.85. The lowest BCUT2D eigenvalue weighted by Crippen LogP contribution is -2.31. The molecule has 0 bridgehead atoms. The van der Waals surface area contributed by atoms with Crippen molar-refractivity contribution < 1.29 is 36.2 Å². The van der Waals surface area contributed by atoms with E-state index in [1.54, 1.807) is 0 Å². The van der Waals surface area contributed by atoms with Crippen molar-refractivity contribution in [3.63, 3.8) is 0 Å². The van der Waals surface area contributed by atoms with Crippen molar-refractivity contribution in [3.05, 3.63) is 24.3 Å². The van der Waals surface area contributed by atoms with E-state index in [-0.39, 0.29) is 19.5 Å². The van der Waals surface area contributed by atoms with Gasteiger partial charge in [0.05, 0.1) is 5.92 Å². The molecular formula is C12H12F3NO5S. The molecule has 1 fully saturated rings. The fraction of sp³-hybridized carbons (Fsp3) is 0.417. The molecule has 1 aliphatic heterocycles. The summed E-state index contributed by atoms with van der Waals surface area (Å²) in [6, 6.07) is 4.36. The first-order valence-electron chi connectivity index (χ1n) is 6.19. The Morgan fingerprint density at radius 1 is 1.32 bits per heavy atom. The highest BCUT2D eigenvalue weighted by Gasteiger charge is 2.39. The monoisotopic (exact) mass is 339 g/mol. The van der Waals surface area contributed by atoms with Gasteiger partial charge in [0.15, 0.2) is 0 Å². The Morgan fingerprint density at radius 3 is 2.50 bits per heavy atom. The van der Waals surface area contributed by atoms with Gasteiger partial charge in [-0.15, -0.1) is 13.2 Å². The third kappa shape index (κ3) is 3.50. The number of carbonyl (C=O) groups is 1. The number of alkyl halides is 3. The number of carboxylic acids is 1. The van der Waals surface area contributed by atoms with Gasteiger partial charge in [0.1, 0.15) is 10.6 Å². The smallest absolute Gasteiger partial charge is 0.481 e. The number of aliphatic carboxylic acids is 1. The topological polar surface area (TPSA) is 83.9 Å². The molecule has 0 aliphatic carbocycles. The zero-order valence-electron chi connectivity index (χ0n) is 11.1. The molecule has 2 rings (SSSR count). The van der Waals surface area contributed by atoms with Gasteiger partial charge in [0, 0.05) is 13.1 Å². The standard InChI is InChI=1S/C12H12F3NO5S/c13-12(14,15)21-9-3-1-2-4-10(9)22(19,20)16-6-5-8(7-16)11(17)18/h1-4,8H,5-7H2,(H,17,18)/t8-/m1/s1. The van der Waals surface area contributed by atoms with Crippen LogP contribution >= 0.6 is 0 Å². The average Bonchev–Trinajstić information content (AvgIpc) is 2.87. The molecule has 1 heterocycles. The lowest BCUT2D eigenvalue weighted by atomic mass is 10.1. The van der Waals surface area contributed by atoms with Gasteiger partial charge < -0.3 is 9.84 Å². The van der Waals surface area contributed by atoms with E-state index in [9.17, 15) is 26.4 Å². The van der Waals surface area contributed by atoms with Crippen molar-refractivity contribution in [2.24, 2.45) is 5.92 Å². The predicted octanol–water partition coefficient (Wildman–Crippen LogP) is 1.68. The third-order valence-corrected chi connectivity index (χ3v) is 5.10. The van der Waals surface area contributed by atoms with Crippen LogP contribution in [0.4, 0.5) is 13.2 Å². The molecule has 0 aromatic heterocycles. The Kier molecular flexibility index (Phi) is 4.34. The SMILES string of the molecule is O=C(O)[C@@H]1CCN(S(=O)(=O)c2ccccc2OC(F)(F)F)C1. The number of carboxylic acid groups (broad SMARTS) is 1. The number of rotatable bonds is 4. The number of nitrogens with zero attached hydrogens (tertiary/aromatic N) is 1. The van der Waals surface area contributed by atoms with Gasteiger partial charge in [-0.25, -0.2) is 8.42 Å². The summed E-state index contributed by atoms with van der Waals surface area (Å²) in [6.07, 6.45) is -4.92. The molecule has 1 aromatic rings. The highest BCUT2D eigenvalue weighted by Crippen LogP contribution is 2.33. The predicted molar refractivity (Wildman–Crippen MR) is 67.6 cm³/mol. The summed E-state index contributed by atoms with van der Waals surface area (Å²) in [5.41, 5.74) is 0. The number of hydrogen-bond donors (Lipinski definition) is 1. The molecule has 0 spiro atoms. The van der Waals surface area contributed by atoms with E-state index < -0.39 is 38.9 Å². The number of para-hydroxylation sites is 1. The first kappa shape index (κ1) is 16.6. The number of ether oxygens (including phenoxy) is 1. The Balaban J connectivity index is 2.33. The van der Waals surface area contributed by atoms with Crippen LogP contribution in [0.2, 0.25) is 0 Å². The van der Waals surface area contributed by atoms with Crippen LogP contribution in [0.15, 0.2) is 29.2 Å². The van der Waals surface area contributed by atoms with Gasteiger partial charge in [-0.05, 0) is 18.6 Å². The molecule has 1 atom stereocenters. The van der Waals surface area contributed by atoms with Gasteiger partial charge in [-0.3, -0.25) is 4.79 Å². The van der Waals surface area contributed by atoms with E-state index >= 15 is 0 Å². The van der Waals surface area contributed by atoms with Crippen molar-refractivity contribution in [1.82, 2.24) is 4.31 Å². The minimum Gasteiger partial charge on any atom is -0.481 e. The molecular weight excluding hydrogens is 327 g/mol. The van der Waals surface area contributed by atoms with Crippen molar-refractivity contribution >= 4 is 16.0 Å². The molecule has 0 saturated carbocycles. The maximum atomic E-state index is 12.4. The molecule has 1 aliphatic rings. The summed E-state index contributed by atoms with van der Waals surface area (Å²) in [6.45, 7) is -0.350. The van der Waals surface area contributed by atoms with Crippen LogP contribution in [0.25, 0.3) is 0 Å². The second-order valence-electron chi connectivity index (χ2n) is 4.68. The van der Waals surface area contributed by atoms with Gasteiger partial charge in [0.2, 0.25) is 10.0 Å². The van der Waals surface area contributed by atoms with Crippen LogP contribution in [0, 0.1) is 5.92 Å². The molecule has 1 N–H and O–H groups in total. The zero-order valence-corrected chi connectivity index (χ0v) is 11.9. The molecule has 22 heavy (non-hydrogen) atoms. The lowest BCUT2D eigenvalue weighted by Gasteiger charge is -2.19. The van der Waals surface area contributed by atoms with E-state index in [1.165, 1.54) is 12.1 Å². The molecule has 10 heteroatoms. The summed E-state index contributed by atoms with van der Waals surface area (Å²) < 4.78 is 66.4. The van der Waals surface area contributed by atoms with Crippen molar-refractivity contribution in [1.29, 1.82) is 0 Å². The van der Waals surface area contributed by atoms with Crippen LogP contribution in [-0.4, -0.2) is 43.3 Å². The zero-order chi connectivity index (χ0) is 16.5. The molecule has 6 nitrogen and oxygen atoms in total.